The fraction of sp³-hybridized carbons (Fsp3) is 0.900. The van der Waals surface area contributed by atoms with Gasteiger partial charge in [0, 0.05) is 12.6 Å². The molecule has 5 nitrogen and oxygen atoms in total. The molecule has 7 heteroatoms. The molecule has 0 spiro atoms. The summed E-state index contributed by atoms with van der Waals surface area (Å²) in [5.41, 5.74) is 5.47. The number of sulfonamides is 1. The molecule has 2 atom stereocenters. The van der Waals surface area contributed by atoms with Crippen LogP contribution in [0, 0.1) is 0 Å². The molecule has 0 bridgehead atoms. The zero-order chi connectivity index (χ0) is 13.1. The van der Waals surface area contributed by atoms with Gasteiger partial charge in [-0.3, -0.25) is 0 Å². The molecule has 0 aromatic rings. The summed E-state index contributed by atoms with van der Waals surface area (Å²) in [6.45, 7) is 3.54. The van der Waals surface area contributed by atoms with E-state index >= 15 is 0 Å². The number of nitrogens with one attached hydrogen (secondary N) is 1. The second kappa shape index (κ2) is 6.08. The van der Waals surface area contributed by atoms with Gasteiger partial charge in [-0.05, 0) is 32.9 Å². The van der Waals surface area contributed by atoms with E-state index in [1.54, 1.807) is 6.92 Å². The van der Waals surface area contributed by atoms with E-state index in [4.69, 9.17) is 18.0 Å². The second-order valence-electron chi connectivity index (χ2n) is 4.56. The minimum absolute atomic E-state index is 0.0258. The highest BCUT2D eigenvalue weighted by Crippen LogP contribution is 2.12. The Hall–Kier alpha value is -0.240. The molecule has 0 aliphatic carbocycles. The number of rotatable bonds is 5. The molecule has 1 fully saturated rings. The maximum Gasteiger partial charge on any atom is 0.221 e. The molecule has 1 rings (SSSR count). The average Bonchev–Trinajstić information content (AvgIpc) is 2.16. The third-order valence-corrected chi connectivity index (χ3v) is 5.45. The smallest absolute Gasteiger partial charge is 0.221 e. The van der Waals surface area contributed by atoms with E-state index in [9.17, 15) is 8.42 Å². The van der Waals surface area contributed by atoms with Gasteiger partial charge in [-0.25, -0.2) is 13.1 Å². The van der Waals surface area contributed by atoms with Crippen LogP contribution in [0.5, 0.6) is 0 Å². The fourth-order valence-corrected chi connectivity index (χ4v) is 4.26. The van der Waals surface area contributed by atoms with E-state index in [1.165, 1.54) is 0 Å². The summed E-state index contributed by atoms with van der Waals surface area (Å²) in [6.07, 6.45) is 2.29. The number of piperidine rings is 1. The maximum absolute atomic E-state index is 12.1. The Kier molecular flexibility index (Phi) is 5.30. The fourth-order valence-electron chi connectivity index (χ4n) is 2.15. The normalized spacial score (nSPS) is 24.5. The van der Waals surface area contributed by atoms with Crippen molar-refractivity contribution in [3.8, 4) is 0 Å². The summed E-state index contributed by atoms with van der Waals surface area (Å²) in [7, 11) is -1.45. The minimum Gasteiger partial charge on any atom is -0.392 e. The van der Waals surface area contributed by atoms with Gasteiger partial charge < -0.3 is 10.6 Å². The summed E-state index contributed by atoms with van der Waals surface area (Å²) < 4.78 is 26.9. The van der Waals surface area contributed by atoms with Crippen LogP contribution in [0.2, 0.25) is 0 Å². The Morgan fingerprint density at radius 3 is 2.76 bits per heavy atom. The molecule has 17 heavy (non-hydrogen) atoms. The largest absolute Gasteiger partial charge is 0.392 e. The first-order valence-electron chi connectivity index (χ1n) is 5.85. The van der Waals surface area contributed by atoms with E-state index in [0.29, 0.717) is 6.42 Å². The Labute approximate surface area is 109 Å². The molecule has 1 heterocycles. The van der Waals surface area contributed by atoms with Gasteiger partial charge in [0.25, 0.3) is 0 Å². The summed E-state index contributed by atoms with van der Waals surface area (Å²) in [4.78, 5) is 2.17. The summed E-state index contributed by atoms with van der Waals surface area (Å²) in [5, 5.41) is -0.760. The highest BCUT2D eigenvalue weighted by atomic mass is 32.2. The van der Waals surface area contributed by atoms with E-state index in [2.05, 4.69) is 9.62 Å². The van der Waals surface area contributed by atoms with Crippen molar-refractivity contribution in [1.29, 1.82) is 0 Å². The molecule has 2 unspecified atom stereocenters. The molecule has 0 amide bonds. The number of nitrogens with two attached hydrogens (primary N) is 1. The first kappa shape index (κ1) is 14.8. The van der Waals surface area contributed by atoms with Crippen LogP contribution in [0.1, 0.15) is 26.2 Å². The van der Waals surface area contributed by atoms with Crippen molar-refractivity contribution in [3.63, 3.8) is 0 Å². The number of thiocarbonyl (C=S) groups is 1. The first-order chi connectivity index (χ1) is 7.86. The monoisotopic (exact) mass is 279 g/mol. The van der Waals surface area contributed by atoms with Crippen molar-refractivity contribution in [2.45, 2.75) is 37.5 Å². The molecular weight excluding hydrogens is 258 g/mol. The van der Waals surface area contributed by atoms with Crippen molar-refractivity contribution in [3.05, 3.63) is 0 Å². The van der Waals surface area contributed by atoms with Gasteiger partial charge in [0.2, 0.25) is 10.0 Å². The molecule has 1 saturated heterocycles. The van der Waals surface area contributed by atoms with Crippen LogP contribution in [-0.4, -0.2) is 49.7 Å². The first-order valence-corrected chi connectivity index (χ1v) is 7.81. The van der Waals surface area contributed by atoms with E-state index in [-0.39, 0.29) is 11.0 Å². The van der Waals surface area contributed by atoms with Crippen molar-refractivity contribution >= 4 is 27.2 Å². The minimum atomic E-state index is -3.44. The lowest BCUT2D eigenvalue weighted by Crippen LogP contribution is -2.50. The Bertz CT molecular complexity index is 370. The lowest BCUT2D eigenvalue weighted by molar-refractivity contribution is 0.242. The van der Waals surface area contributed by atoms with Crippen molar-refractivity contribution in [2.24, 2.45) is 5.73 Å². The summed E-state index contributed by atoms with van der Waals surface area (Å²) >= 11 is 4.80. The van der Waals surface area contributed by atoms with E-state index in [1.807, 2.05) is 7.05 Å². The van der Waals surface area contributed by atoms with Gasteiger partial charge in [0.15, 0.2) is 0 Å². The molecule has 100 valence electrons. The van der Waals surface area contributed by atoms with Gasteiger partial charge in [-0.2, -0.15) is 0 Å². The lowest BCUT2D eigenvalue weighted by Gasteiger charge is -2.31. The second-order valence-corrected chi connectivity index (χ2v) is 6.93. The summed E-state index contributed by atoms with van der Waals surface area (Å²) in [5.74, 6) is 0. The Morgan fingerprint density at radius 2 is 2.29 bits per heavy atom. The SMILES string of the molecule is CCC(C(N)=S)S(=O)(=O)NC1CCCN(C)C1. The Balaban J connectivity index is 2.68. The predicted octanol–water partition coefficient (Wildman–Crippen LogP) is 0.0647. The zero-order valence-corrected chi connectivity index (χ0v) is 12.0. The molecule has 3 N–H and O–H groups in total. The molecule has 0 aromatic heterocycles. The van der Waals surface area contributed by atoms with Gasteiger partial charge in [-0.15, -0.1) is 0 Å². The average molecular weight is 279 g/mol. The van der Waals surface area contributed by atoms with Crippen molar-refractivity contribution in [1.82, 2.24) is 9.62 Å². The quantitative estimate of drug-likeness (QED) is 0.696. The maximum atomic E-state index is 12.1. The van der Waals surface area contributed by atoms with Crippen molar-refractivity contribution < 1.29 is 8.42 Å². The van der Waals surface area contributed by atoms with Crippen LogP contribution in [0.3, 0.4) is 0 Å². The van der Waals surface area contributed by atoms with Crippen LogP contribution in [0.4, 0.5) is 0 Å². The zero-order valence-electron chi connectivity index (χ0n) is 10.3. The predicted molar refractivity (Wildman–Crippen MR) is 73.4 cm³/mol. The molecule has 1 aliphatic rings. The standard InChI is InChI=1S/C10H21N3O2S2/c1-3-9(10(11)16)17(14,15)12-8-5-4-6-13(2)7-8/h8-9,12H,3-7H2,1-2H3,(H2,11,16). The molecule has 1 aliphatic heterocycles. The van der Waals surface area contributed by atoms with E-state index in [0.717, 1.165) is 25.9 Å². The molecular formula is C10H21N3O2S2. The van der Waals surface area contributed by atoms with Gasteiger partial charge >= 0.3 is 0 Å². The van der Waals surface area contributed by atoms with Gasteiger partial charge in [0.1, 0.15) is 5.25 Å². The highest BCUT2D eigenvalue weighted by molar-refractivity contribution is 7.93. The number of likely N-dealkylation sites (N-methyl/N-ethyl adjacent to an activating group) is 1. The lowest BCUT2D eigenvalue weighted by atomic mass is 10.1. The Morgan fingerprint density at radius 1 is 1.65 bits per heavy atom. The number of hydrogen-bond donors (Lipinski definition) is 2. The van der Waals surface area contributed by atoms with Gasteiger partial charge in [0.05, 0.1) is 4.99 Å². The van der Waals surface area contributed by atoms with Crippen LogP contribution < -0.4 is 10.5 Å². The highest BCUT2D eigenvalue weighted by Gasteiger charge is 2.30. The summed E-state index contributed by atoms with van der Waals surface area (Å²) in [6, 6.07) is -0.0258. The van der Waals surface area contributed by atoms with Crippen LogP contribution >= 0.6 is 12.2 Å². The number of likely N-dealkylation sites (tertiary alicyclic amines) is 1. The molecule has 0 aromatic carbocycles. The number of nitrogens with zero attached hydrogens (tertiary/aromatic N) is 1. The number of hydrogen-bond acceptors (Lipinski definition) is 4. The van der Waals surface area contributed by atoms with Crippen LogP contribution in [0.15, 0.2) is 0 Å². The third-order valence-electron chi connectivity index (χ3n) is 3.02. The molecule has 0 saturated carbocycles. The van der Waals surface area contributed by atoms with Crippen LogP contribution in [-0.2, 0) is 10.0 Å². The van der Waals surface area contributed by atoms with Gasteiger partial charge in [-0.1, -0.05) is 19.1 Å². The van der Waals surface area contributed by atoms with E-state index < -0.39 is 15.3 Å². The third kappa shape index (κ3) is 4.17. The van der Waals surface area contributed by atoms with Crippen LogP contribution in [0.25, 0.3) is 0 Å². The molecule has 0 radical (unpaired) electrons. The van der Waals surface area contributed by atoms with Crippen molar-refractivity contribution in [2.75, 3.05) is 20.1 Å². The topological polar surface area (TPSA) is 75.4 Å².